The third kappa shape index (κ3) is 3.88. The normalized spacial score (nSPS) is 22.7. The number of hydrogen-bond donors (Lipinski definition) is 1. The molecule has 1 aromatic carbocycles. The highest BCUT2D eigenvalue weighted by Crippen LogP contribution is 2.36. The molecular formula is C14H21ClN2OS. The van der Waals surface area contributed by atoms with E-state index in [1.807, 2.05) is 34.9 Å². The van der Waals surface area contributed by atoms with Gasteiger partial charge >= 0.3 is 0 Å². The third-order valence-corrected chi connectivity index (χ3v) is 4.51. The van der Waals surface area contributed by atoms with Gasteiger partial charge in [-0.3, -0.25) is 4.79 Å². The van der Waals surface area contributed by atoms with Gasteiger partial charge in [-0.25, -0.2) is 0 Å². The number of hydrogen-bond acceptors (Lipinski definition) is 3. The van der Waals surface area contributed by atoms with Gasteiger partial charge < -0.3 is 10.6 Å². The lowest BCUT2D eigenvalue weighted by atomic mass is 10.0. The van der Waals surface area contributed by atoms with Gasteiger partial charge in [-0.05, 0) is 5.56 Å². The Balaban J connectivity index is 0.00000180. The first kappa shape index (κ1) is 16.3. The van der Waals surface area contributed by atoms with Crippen LogP contribution in [-0.4, -0.2) is 34.9 Å². The maximum Gasteiger partial charge on any atom is 0.224 e. The molecule has 2 atom stereocenters. The van der Waals surface area contributed by atoms with Gasteiger partial charge in [0, 0.05) is 30.5 Å². The summed E-state index contributed by atoms with van der Waals surface area (Å²) in [6.45, 7) is 3.45. The molecule has 1 aromatic rings. The second kappa shape index (κ2) is 7.78. The minimum absolute atomic E-state index is 0. The van der Waals surface area contributed by atoms with Gasteiger partial charge in [0.15, 0.2) is 0 Å². The molecule has 106 valence electrons. The maximum atomic E-state index is 12.2. The lowest BCUT2D eigenvalue weighted by Gasteiger charge is -2.40. The van der Waals surface area contributed by atoms with Crippen molar-refractivity contribution in [2.45, 2.75) is 24.6 Å². The second-order valence-electron chi connectivity index (χ2n) is 4.56. The van der Waals surface area contributed by atoms with Gasteiger partial charge in [0.25, 0.3) is 0 Å². The average Bonchev–Trinajstić information content (AvgIpc) is 2.39. The Morgan fingerprint density at radius 1 is 1.42 bits per heavy atom. The molecule has 1 heterocycles. The molecule has 1 saturated heterocycles. The van der Waals surface area contributed by atoms with Crippen LogP contribution in [0.2, 0.25) is 0 Å². The molecule has 1 fully saturated rings. The van der Waals surface area contributed by atoms with Crippen LogP contribution in [0.15, 0.2) is 30.3 Å². The fourth-order valence-electron chi connectivity index (χ4n) is 2.47. The number of nitrogens with two attached hydrogens (primary N) is 1. The Kier molecular flexibility index (Phi) is 6.69. The number of rotatable bonds is 3. The summed E-state index contributed by atoms with van der Waals surface area (Å²) in [5, 5.41) is 0.433. The summed E-state index contributed by atoms with van der Waals surface area (Å²) in [5.41, 5.74) is 6.73. The topological polar surface area (TPSA) is 46.3 Å². The summed E-state index contributed by atoms with van der Waals surface area (Å²) in [6, 6.07) is 10.5. The van der Waals surface area contributed by atoms with E-state index in [9.17, 15) is 4.79 Å². The molecule has 0 aromatic heterocycles. The number of carbonyl (C=O) groups is 1. The first-order chi connectivity index (χ1) is 8.74. The Morgan fingerprint density at radius 2 is 2.11 bits per heavy atom. The van der Waals surface area contributed by atoms with Gasteiger partial charge in [-0.15, -0.1) is 12.4 Å². The van der Waals surface area contributed by atoms with Crippen LogP contribution >= 0.6 is 24.2 Å². The SMILES string of the molecule is CC1SCCN(C(=O)CCN)C1c1ccccc1.Cl. The predicted molar refractivity (Wildman–Crippen MR) is 83.7 cm³/mol. The van der Waals surface area contributed by atoms with E-state index in [4.69, 9.17) is 5.73 Å². The minimum atomic E-state index is 0. The van der Waals surface area contributed by atoms with Gasteiger partial charge in [0.2, 0.25) is 5.91 Å². The molecule has 2 rings (SSSR count). The van der Waals surface area contributed by atoms with Gasteiger partial charge in [-0.2, -0.15) is 11.8 Å². The Morgan fingerprint density at radius 3 is 2.74 bits per heavy atom. The number of nitrogens with zero attached hydrogens (tertiary/aromatic N) is 1. The number of halogens is 1. The minimum Gasteiger partial charge on any atom is -0.334 e. The highest BCUT2D eigenvalue weighted by Gasteiger charge is 2.32. The Labute approximate surface area is 125 Å². The number of benzene rings is 1. The Hall–Kier alpha value is -0.710. The van der Waals surface area contributed by atoms with E-state index in [0.717, 1.165) is 12.3 Å². The predicted octanol–water partition coefficient (Wildman–Crippen LogP) is 2.46. The van der Waals surface area contributed by atoms with Crippen LogP contribution in [0.25, 0.3) is 0 Å². The van der Waals surface area contributed by atoms with Crippen molar-refractivity contribution in [3.8, 4) is 0 Å². The fraction of sp³-hybridized carbons (Fsp3) is 0.500. The molecule has 3 nitrogen and oxygen atoms in total. The van der Waals surface area contributed by atoms with Crippen molar-refractivity contribution in [3.63, 3.8) is 0 Å². The smallest absolute Gasteiger partial charge is 0.224 e. The zero-order valence-corrected chi connectivity index (χ0v) is 12.8. The third-order valence-electron chi connectivity index (χ3n) is 3.31. The van der Waals surface area contributed by atoms with E-state index in [0.29, 0.717) is 18.2 Å². The molecule has 19 heavy (non-hydrogen) atoms. The first-order valence-corrected chi connectivity index (χ1v) is 7.45. The van der Waals surface area contributed by atoms with Crippen molar-refractivity contribution in [2.24, 2.45) is 5.73 Å². The summed E-state index contributed by atoms with van der Waals surface area (Å²) < 4.78 is 0. The highest BCUT2D eigenvalue weighted by atomic mass is 35.5. The molecule has 1 aliphatic heterocycles. The lowest BCUT2D eigenvalue weighted by molar-refractivity contribution is -0.133. The summed E-state index contributed by atoms with van der Waals surface area (Å²) in [6.07, 6.45) is 0.445. The van der Waals surface area contributed by atoms with Crippen molar-refractivity contribution in [2.75, 3.05) is 18.8 Å². The van der Waals surface area contributed by atoms with E-state index >= 15 is 0 Å². The van der Waals surface area contributed by atoms with Crippen LogP contribution in [0.3, 0.4) is 0 Å². The number of carbonyl (C=O) groups excluding carboxylic acids is 1. The van der Waals surface area contributed by atoms with Crippen LogP contribution in [0.4, 0.5) is 0 Å². The van der Waals surface area contributed by atoms with Gasteiger partial charge in [0.1, 0.15) is 0 Å². The molecule has 0 bridgehead atoms. The quantitative estimate of drug-likeness (QED) is 0.933. The standard InChI is InChI=1S/C14H20N2OS.ClH/c1-11-14(12-5-3-2-4-6-12)16(9-10-18-11)13(17)7-8-15;/h2-6,11,14H,7-10,15H2,1H3;1H. The van der Waals surface area contributed by atoms with Crippen molar-refractivity contribution in [1.82, 2.24) is 4.90 Å². The molecule has 1 amide bonds. The zero-order chi connectivity index (χ0) is 13.0. The average molecular weight is 301 g/mol. The zero-order valence-electron chi connectivity index (χ0n) is 11.1. The highest BCUT2D eigenvalue weighted by molar-refractivity contribution is 8.00. The molecule has 2 unspecified atom stereocenters. The first-order valence-electron chi connectivity index (χ1n) is 6.40. The molecule has 0 spiro atoms. The van der Waals surface area contributed by atoms with E-state index in [-0.39, 0.29) is 24.4 Å². The molecular weight excluding hydrogens is 280 g/mol. The van der Waals surface area contributed by atoms with Crippen molar-refractivity contribution in [1.29, 1.82) is 0 Å². The maximum absolute atomic E-state index is 12.2. The van der Waals surface area contributed by atoms with Crippen LogP contribution in [0, 0.1) is 0 Å². The molecule has 0 aliphatic carbocycles. The molecule has 0 saturated carbocycles. The van der Waals surface area contributed by atoms with E-state index in [2.05, 4.69) is 19.1 Å². The second-order valence-corrected chi connectivity index (χ2v) is 6.04. The van der Waals surface area contributed by atoms with Crippen molar-refractivity contribution in [3.05, 3.63) is 35.9 Å². The molecule has 5 heteroatoms. The monoisotopic (exact) mass is 300 g/mol. The summed E-state index contributed by atoms with van der Waals surface area (Å²) in [4.78, 5) is 14.2. The van der Waals surface area contributed by atoms with E-state index < -0.39 is 0 Å². The van der Waals surface area contributed by atoms with Crippen LogP contribution in [-0.2, 0) is 4.79 Å². The fourth-order valence-corrected chi connectivity index (χ4v) is 3.63. The lowest BCUT2D eigenvalue weighted by Crippen LogP contribution is -2.44. The largest absolute Gasteiger partial charge is 0.334 e. The summed E-state index contributed by atoms with van der Waals surface area (Å²) in [7, 11) is 0. The van der Waals surface area contributed by atoms with Crippen LogP contribution in [0.1, 0.15) is 24.9 Å². The van der Waals surface area contributed by atoms with Crippen molar-refractivity contribution < 1.29 is 4.79 Å². The van der Waals surface area contributed by atoms with Gasteiger partial charge in [0.05, 0.1) is 6.04 Å². The summed E-state index contributed by atoms with van der Waals surface area (Å²) >= 11 is 1.94. The van der Waals surface area contributed by atoms with E-state index in [1.54, 1.807) is 0 Å². The molecule has 0 radical (unpaired) electrons. The number of thioether (sulfide) groups is 1. The Bertz CT molecular complexity index is 402. The summed E-state index contributed by atoms with van der Waals surface area (Å²) in [5.74, 6) is 1.19. The van der Waals surface area contributed by atoms with E-state index in [1.165, 1.54) is 5.56 Å². The molecule has 1 aliphatic rings. The van der Waals surface area contributed by atoms with Crippen LogP contribution < -0.4 is 5.73 Å². The van der Waals surface area contributed by atoms with Gasteiger partial charge in [-0.1, -0.05) is 37.3 Å². The number of amides is 1. The van der Waals surface area contributed by atoms with Crippen LogP contribution in [0.5, 0.6) is 0 Å². The molecule has 2 N–H and O–H groups in total. The van der Waals surface area contributed by atoms with Crippen molar-refractivity contribution >= 4 is 30.1 Å².